The number of rotatable bonds is 3. The minimum atomic E-state index is 0.153. The van der Waals surface area contributed by atoms with Crippen LogP contribution >= 0.6 is 0 Å². The maximum atomic E-state index is 12.9. The molecule has 3 heterocycles. The number of nitriles is 1. The molecule has 0 N–H and O–H groups in total. The molecule has 4 rings (SSSR count). The molecule has 3 aliphatic rings. The summed E-state index contributed by atoms with van der Waals surface area (Å²) in [5.41, 5.74) is 0.583. The first kappa shape index (κ1) is 17.3. The zero-order valence-corrected chi connectivity index (χ0v) is 15.3. The third-order valence-corrected chi connectivity index (χ3v) is 6.26. The van der Waals surface area contributed by atoms with Crippen molar-refractivity contribution in [1.29, 1.82) is 5.26 Å². The number of carbonyl (C=O) groups is 1. The van der Waals surface area contributed by atoms with Crippen molar-refractivity contribution in [2.24, 2.45) is 5.92 Å². The predicted octanol–water partition coefficient (Wildman–Crippen LogP) is 1.87. The molecule has 138 valence electrons. The highest BCUT2D eigenvalue weighted by molar-refractivity contribution is 5.79. The molecule has 1 aromatic heterocycles. The number of anilines is 1. The molecule has 6 heteroatoms. The highest BCUT2D eigenvalue weighted by atomic mass is 16.2. The van der Waals surface area contributed by atoms with Gasteiger partial charge in [0.25, 0.3) is 0 Å². The minimum Gasteiger partial charge on any atom is -0.357 e. The van der Waals surface area contributed by atoms with Crippen LogP contribution in [-0.2, 0) is 4.79 Å². The van der Waals surface area contributed by atoms with Gasteiger partial charge in [0.05, 0.1) is 5.56 Å². The van der Waals surface area contributed by atoms with Gasteiger partial charge in [0.1, 0.15) is 11.9 Å². The maximum absolute atomic E-state index is 12.9. The van der Waals surface area contributed by atoms with Crippen molar-refractivity contribution in [2.45, 2.75) is 38.1 Å². The van der Waals surface area contributed by atoms with E-state index in [4.69, 9.17) is 5.26 Å². The van der Waals surface area contributed by atoms with Crippen LogP contribution < -0.4 is 4.90 Å². The fraction of sp³-hybridized carbons (Fsp3) is 0.650. The summed E-state index contributed by atoms with van der Waals surface area (Å²) in [6.45, 7) is 5.60. The van der Waals surface area contributed by atoms with E-state index >= 15 is 0 Å². The van der Waals surface area contributed by atoms with Gasteiger partial charge >= 0.3 is 0 Å². The molecule has 1 aromatic rings. The number of aromatic nitrogens is 1. The Hall–Kier alpha value is -2.13. The van der Waals surface area contributed by atoms with E-state index in [9.17, 15) is 4.79 Å². The molecule has 1 aliphatic carbocycles. The quantitative estimate of drug-likeness (QED) is 0.830. The Bertz CT molecular complexity index is 662. The zero-order valence-electron chi connectivity index (χ0n) is 15.3. The summed E-state index contributed by atoms with van der Waals surface area (Å²) >= 11 is 0. The number of pyridine rings is 1. The molecule has 0 bridgehead atoms. The van der Waals surface area contributed by atoms with E-state index in [0.29, 0.717) is 11.5 Å². The summed E-state index contributed by atoms with van der Waals surface area (Å²) in [5.74, 6) is 1.41. The number of piperidine rings is 1. The molecule has 0 atom stereocenters. The summed E-state index contributed by atoms with van der Waals surface area (Å²) in [6, 6.07) is 6.60. The SMILES string of the molecule is N#Cc1ccc(N2CCC(C(=O)N3CCN(C4CCC4)CC3)CC2)nc1. The Morgan fingerprint density at radius 2 is 1.77 bits per heavy atom. The molecule has 2 saturated heterocycles. The van der Waals surface area contributed by atoms with E-state index in [0.717, 1.165) is 64.0 Å². The lowest BCUT2D eigenvalue weighted by atomic mass is 9.90. The summed E-state index contributed by atoms with van der Waals surface area (Å²) in [4.78, 5) is 24.1. The van der Waals surface area contributed by atoms with E-state index in [1.807, 2.05) is 6.07 Å². The van der Waals surface area contributed by atoms with Crippen LogP contribution in [0.4, 0.5) is 5.82 Å². The van der Waals surface area contributed by atoms with Crippen molar-refractivity contribution >= 4 is 11.7 Å². The van der Waals surface area contributed by atoms with Gasteiger partial charge in [0.15, 0.2) is 0 Å². The lowest BCUT2D eigenvalue weighted by molar-refractivity contribution is -0.138. The van der Waals surface area contributed by atoms with Crippen molar-refractivity contribution in [3.8, 4) is 6.07 Å². The molecule has 0 spiro atoms. The lowest BCUT2D eigenvalue weighted by Gasteiger charge is -2.44. The topological polar surface area (TPSA) is 63.5 Å². The van der Waals surface area contributed by atoms with Crippen LogP contribution in [0.2, 0.25) is 0 Å². The standard InChI is InChI=1S/C20H27N5O/c21-14-16-4-5-19(22-15-16)24-8-6-17(7-9-24)20(26)25-12-10-23(11-13-25)18-2-1-3-18/h4-5,15,17-18H,1-3,6-13H2. The molecule has 2 aliphatic heterocycles. The molecule has 3 fully saturated rings. The minimum absolute atomic E-state index is 0.153. The van der Waals surface area contributed by atoms with Gasteiger partial charge in [-0.25, -0.2) is 4.98 Å². The van der Waals surface area contributed by atoms with Crippen LogP contribution in [0.5, 0.6) is 0 Å². The van der Waals surface area contributed by atoms with Gasteiger partial charge < -0.3 is 9.80 Å². The zero-order chi connectivity index (χ0) is 17.9. The number of piperazine rings is 1. The smallest absolute Gasteiger partial charge is 0.225 e. The molecule has 0 unspecified atom stereocenters. The second-order valence-electron chi connectivity index (χ2n) is 7.72. The fourth-order valence-electron chi connectivity index (χ4n) is 4.31. The predicted molar refractivity (Wildman–Crippen MR) is 99.7 cm³/mol. The fourth-order valence-corrected chi connectivity index (χ4v) is 4.31. The molecular formula is C20H27N5O. The first-order valence-electron chi connectivity index (χ1n) is 9.88. The van der Waals surface area contributed by atoms with Gasteiger partial charge in [0, 0.05) is 57.4 Å². The molecular weight excluding hydrogens is 326 g/mol. The summed E-state index contributed by atoms with van der Waals surface area (Å²) in [6.07, 6.45) is 7.46. The average molecular weight is 353 g/mol. The molecule has 1 amide bonds. The van der Waals surface area contributed by atoms with Crippen molar-refractivity contribution in [3.05, 3.63) is 23.9 Å². The number of hydrogen-bond donors (Lipinski definition) is 0. The third-order valence-electron chi connectivity index (χ3n) is 6.26. The number of hydrogen-bond acceptors (Lipinski definition) is 5. The Balaban J connectivity index is 1.26. The van der Waals surface area contributed by atoms with Crippen LogP contribution in [-0.4, -0.2) is 66.0 Å². The van der Waals surface area contributed by atoms with E-state index in [-0.39, 0.29) is 5.92 Å². The Morgan fingerprint density at radius 3 is 2.31 bits per heavy atom. The lowest BCUT2D eigenvalue weighted by Crippen LogP contribution is -2.55. The van der Waals surface area contributed by atoms with E-state index in [1.54, 1.807) is 12.3 Å². The van der Waals surface area contributed by atoms with Crippen LogP contribution in [0.25, 0.3) is 0 Å². The molecule has 1 saturated carbocycles. The van der Waals surface area contributed by atoms with Crippen LogP contribution in [0.3, 0.4) is 0 Å². The second-order valence-corrected chi connectivity index (χ2v) is 7.72. The highest BCUT2D eigenvalue weighted by Crippen LogP contribution is 2.27. The largest absolute Gasteiger partial charge is 0.357 e. The van der Waals surface area contributed by atoms with Gasteiger partial charge in [-0.3, -0.25) is 9.69 Å². The molecule has 6 nitrogen and oxygen atoms in total. The normalized spacial score (nSPS) is 22.7. The second kappa shape index (κ2) is 7.63. The number of amides is 1. The van der Waals surface area contributed by atoms with E-state index < -0.39 is 0 Å². The molecule has 0 radical (unpaired) electrons. The van der Waals surface area contributed by atoms with Crippen molar-refractivity contribution in [2.75, 3.05) is 44.2 Å². The van der Waals surface area contributed by atoms with Crippen LogP contribution in [0.1, 0.15) is 37.7 Å². The van der Waals surface area contributed by atoms with Gasteiger partial charge in [-0.05, 0) is 37.8 Å². The van der Waals surface area contributed by atoms with Crippen molar-refractivity contribution in [3.63, 3.8) is 0 Å². The molecule has 26 heavy (non-hydrogen) atoms. The van der Waals surface area contributed by atoms with E-state index in [2.05, 4.69) is 25.8 Å². The Labute approximate surface area is 155 Å². The van der Waals surface area contributed by atoms with Crippen molar-refractivity contribution < 1.29 is 4.79 Å². The van der Waals surface area contributed by atoms with Gasteiger partial charge in [-0.1, -0.05) is 6.42 Å². The summed E-state index contributed by atoms with van der Waals surface area (Å²) in [5, 5.41) is 8.87. The summed E-state index contributed by atoms with van der Waals surface area (Å²) < 4.78 is 0. The average Bonchev–Trinajstić information content (AvgIpc) is 2.67. The number of carbonyl (C=O) groups excluding carboxylic acids is 1. The van der Waals surface area contributed by atoms with Gasteiger partial charge in [0.2, 0.25) is 5.91 Å². The molecule has 0 aromatic carbocycles. The summed E-state index contributed by atoms with van der Waals surface area (Å²) in [7, 11) is 0. The van der Waals surface area contributed by atoms with Gasteiger partial charge in [-0.2, -0.15) is 5.26 Å². The van der Waals surface area contributed by atoms with Crippen LogP contribution in [0.15, 0.2) is 18.3 Å². The highest BCUT2D eigenvalue weighted by Gasteiger charge is 2.33. The first-order chi connectivity index (χ1) is 12.7. The monoisotopic (exact) mass is 353 g/mol. The number of nitrogens with zero attached hydrogens (tertiary/aromatic N) is 5. The van der Waals surface area contributed by atoms with E-state index in [1.165, 1.54) is 19.3 Å². The van der Waals surface area contributed by atoms with Crippen LogP contribution in [0, 0.1) is 17.2 Å². The third kappa shape index (κ3) is 3.54. The Morgan fingerprint density at radius 1 is 1.04 bits per heavy atom. The van der Waals surface area contributed by atoms with Crippen molar-refractivity contribution in [1.82, 2.24) is 14.8 Å². The maximum Gasteiger partial charge on any atom is 0.225 e. The van der Waals surface area contributed by atoms with Gasteiger partial charge in [-0.15, -0.1) is 0 Å². The Kier molecular flexibility index (Phi) is 5.07. The first-order valence-corrected chi connectivity index (χ1v) is 9.88.